The van der Waals surface area contributed by atoms with Crippen molar-refractivity contribution in [2.45, 2.75) is 112 Å². The van der Waals surface area contributed by atoms with Gasteiger partial charge in [-0.05, 0) is 0 Å². The molecule has 29 heavy (non-hydrogen) atoms. The third-order valence-corrected chi connectivity index (χ3v) is 12.9. The summed E-state index contributed by atoms with van der Waals surface area (Å²) in [6, 6.07) is 0. The van der Waals surface area contributed by atoms with Gasteiger partial charge in [-0.15, -0.1) is 0 Å². The maximum absolute atomic E-state index is 2.76. The predicted molar refractivity (Wildman–Crippen MR) is 118 cm³/mol. The van der Waals surface area contributed by atoms with E-state index in [4.69, 9.17) is 0 Å². The summed E-state index contributed by atoms with van der Waals surface area (Å²) in [4.78, 5) is 0. The van der Waals surface area contributed by atoms with Gasteiger partial charge in [0.15, 0.2) is 0 Å². The zero-order chi connectivity index (χ0) is 19.9. The Balaban J connectivity index is 0.00000392. The smallest absolute Gasteiger partial charge is 1.00 e. The minimum atomic E-state index is -0.734. The van der Waals surface area contributed by atoms with Crippen LogP contribution >= 0.6 is 0 Å². The van der Waals surface area contributed by atoms with Gasteiger partial charge >= 0.3 is 182 Å². The zero-order valence-electron chi connectivity index (χ0n) is 19.6. The maximum Gasteiger partial charge on any atom is -1.00 e. The molecule has 0 aromatic carbocycles. The first kappa shape index (κ1) is 29.4. The maximum atomic E-state index is 2.76. The van der Waals surface area contributed by atoms with Crippen molar-refractivity contribution in [2.24, 2.45) is 0 Å². The number of halogens is 2. The van der Waals surface area contributed by atoms with Gasteiger partial charge in [0.2, 0.25) is 0 Å². The minimum absolute atomic E-state index is 0. The largest absolute Gasteiger partial charge is 1.00 e. The molecule has 0 saturated heterocycles. The van der Waals surface area contributed by atoms with Crippen molar-refractivity contribution in [3.05, 3.63) is 46.6 Å². The molecule has 0 heterocycles. The summed E-state index contributed by atoms with van der Waals surface area (Å²) < 4.78 is 0.893. The minimum Gasteiger partial charge on any atom is -1.00 e. The molecule has 0 nitrogen and oxygen atoms in total. The van der Waals surface area contributed by atoms with Crippen LogP contribution < -0.4 is 24.8 Å². The molecule has 164 valence electrons. The van der Waals surface area contributed by atoms with Crippen LogP contribution in [0.4, 0.5) is 0 Å². The van der Waals surface area contributed by atoms with Crippen LogP contribution in [0.1, 0.15) is 106 Å². The van der Waals surface area contributed by atoms with Crippen LogP contribution in [0.5, 0.6) is 0 Å². The Morgan fingerprint density at radius 3 is 1.31 bits per heavy atom. The third-order valence-electron chi connectivity index (χ3n) is 6.69. The summed E-state index contributed by atoms with van der Waals surface area (Å²) >= 11 is -0.734. The van der Waals surface area contributed by atoms with E-state index in [1.54, 1.807) is 22.3 Å². The SMILES string of the molecule is CCCCC1=C[C](CC)([Zr+2][C]2(CC)C=C(CCCC)C=C2CC)C(CC)=C1.[Cl-].[Cl-]. The number of rotatable bonds is 12. The first-order chi connectivity index (χ1) is 13.0. The fourth-order valence-electron chi connectivity index (χ4n) is 4.96. The van der Waals surface area contributed by atoms with Gasteiger partial charge in [0, 0.05) is 0 Å². The van der Waals surface area contributed by atoms with Crippen LogP contribution in [0.2, 0.25) is 6.25 Å². The van der Waals surface area contributed by atoms with Gasteiger partial charge in [0.25, 0.3) is 0 Å². The molecule has 3 heteroatoms. The molecule has 0 aromatic heterocycles. The second-order valence-electron chi connectivity index (χ2n) is 8.47. The normalized spacial score (nSPS) is 25.3. The van der Waals surface area contributed by atoms with Crippen molar-refractivity contribution in [2.75, 3.05) is 0 Å². The molecule has 2 atom stereocenters. The summed E-state index contributed by atoms with van der Waals surface area (Å²) in [5.41, 5.74) is 6.83. The quantitative estimate of drug-likeness (QED) is 0.374. The van der Waals surface area contributed by atoms with Crippen molar-refractivity contribution in [3.63, 3.8) is 0 Å². The number of hydrogen-bond donors (Lipinski definition) is 0. The Morgan fingerprint density at radius 1 is 0.655 bits per heavy atom. The summed E-state index contributed by atoms with van der Waals surface area (Å²) in [6.45, 7) is 14.3. The average Bonchev–Trinajstić information content (AvgIpc) is 3.23. The molecule has 0 spiro atoms. The Kier molecular flexibility index (Phi) is 14.0. The molecule has 2 aliphatic rings. The van der Waals surface area contributed by atoms with Crippen molar-refractivity contribution in [1.29, 1.82) is 0 Å². The molecule has 0 bridgehead atoms. The molecule has 0 aromatic rings. The monoisotopic (exact) mass is 514 g/mol. The van der Waals surface area contributed by atoms with Gasteiger partial charge in [-0.1, -0.05) is 0 Å². The van der Waals surface area contributed by atoms with Crippen LogP contribution in [0.25, 0.3) is 0 Å². The van der Waals surface area contributed by atoms with Gasteiger partial charge in [0.1, 0.15) is 0 Å². The Morgan fingerprint density at radius 2 is 1.03 bits per heavy atom. The van der Waals surface area contributed by atoms with E-state index in [9.17, 15) is 0 Å². The van der Waals surface area contributed by atoms with Gasteiger partial charge < -0.3 is 24.8 Å². The molecule has 2 aliphatic carbocycles. The molecule has 0 saturated carbocycles. The Labute approximate surface area is 205 Å². The van der Waals surface area contributed by atoms with Crippen molar-refractivity contribution in [1.82, 2.24) is 0 Å². The average molecular weight is 517 g/mol. The fraction of sp³-hybridized carbons (Fsp3) is 0.692. The topological polar surface area (TPSA) is 0 Å². The van der Waals surface area contributed by atoms with E-state index in [-0.39, 0.29) is 24.8 Å². The summed E-state index contributed by atoms with van der Waals surface area (Å²) in [7, 11) is 0. The molecule has 0 radical (unpaired) electrons. The van der Waals surface area contributed by atoms with Gasteiger partial charge in [-0.25, -0.2) is 0 Å². The molecule has 0 amide bonds. The summed E-state index contributed by atoms with van der Waals surface area (Å²) in [5.74, 6) is 0. The predicted octanol–water partition coefficient (Wildman–Crippen LogP) is 3.15. The van der Waals surface area contributed by atoms with Gasteiger partial charge in [-0.3, -0.25) is 0 Å². The number of hydrogen-bond acceptors (Lipinski definition) is 0. The van der Waals surface area contributed by atoms with Crippen LogP contribution in [-0.2, 0) is 23.2 Å². The number of unbranched alkanes of at least 4 members (excludes halogenated alkanes) is 2. The van der Waals surface area contributed by atoms with E-state index in [2.05, 4.69) is 65.8 Å². The van der Waals surface area contributed by atoms with E-state index < -0.39 is 23.2 Å². The van der Waals surface area contributed by atoms with E-state index in [1.165, 1.54) is 64.2 Å². The summed E-state index contributed by atoms with van der Waals surface area (Å²) in [6.07, 6.45) is 23.7. The van der Waals surface area contributed by atoms with Crippen molar-refractivity contribution in [3.8, 4) is 0 Å². The molecule has 0 N–H and O–H groups in total. The molecule has 2 unspecified atom stereocenters. The molecular formula is C26H42Cl2Zr. The Bertz CT molecular complexity index is 575. The van der Waals surface area contributed by atoms with Crippen LogP contribution in [0, 0.1) is 0 Å². The van der Waals surface area contributed by atoms with E-state index in [0.717, 1.165) is 0 Å². The van der Waals surface area contributed by atoms with Crippen LogP contribution in [0.3, 0.4) is 0 Å². The molecule has 0 fully saturated rings. The molecule has 0 aliphatic heterocycles. The zero-order valence-corrected chi connectivity index (χ0v) is 23.6. The second kappa shape index (κ2) is 13.8. The van der Waals surface area contributed by atoms with Gasteiger partial charge in [-0.2, -0.15) is 0 Å². The van der Waals surface area contributed by atoms with Crippen molar-refractivity contribution < 1.29 is 48.0 Å². The first-order valence-corrected chi connectivity index (χ1v) is 14.1. The standard InChI is InChI=1S/2C13H21.2ClH.Zr/c2*1-4-7-8-11-9-12(5-2)13(6-3)10-11;;;/h2*9-10H,4-8H2,1-3H3;2*1H;/q;;;;+2/p-2. The van der Waals surface area contributed by atoms with Gasteiger partial charge in [0.05, 0.1) is 0 Å². The van der Waals surface area contributed by atoms with Crippen LogP contribution in [0.15, 0.2) is 46.6 Å². The first-order valence-electron chi connectivity index (χ1n) is 11.7. The molecule has 2 rings (SSSR count). The fourth-order valence-corrected chi connectivity index (χ4v) is 11.1. The third kappa shape index (κ3) is 6.70. The van der Waals surface area contributed by atoms with E-state index in [1.807, 2.05) is 0 Å². The van der Waals surface area contributed by atoms with E-state index >= 15 is 0 Å². The van der Waals surface area contributed by atoms with Crippen molar-refractivity contribution >= 4 is 0 Å². The van der Waals surface area contributed by atoms with Crippen LogP contribution in [-0.4, -0.2) is 0 Å². The molecular weight excluding hydrogens is 474 g/mol. The number of allylic oxidation sites excluding steroid dienone is 8. The Hall–Kier alpha value is 0.423. The van der Waals surface area contributed by atoms with E-state index in [0.29, 0.717) is 6.25 Å². The summed E-state index contributed by atoms with van der Waals surface area (Å²) in [5, 5.41) is 0. The second-order valence-corrected chi connectivity index (χ2v) is 13.5.